The monoisotopic (exact) mass is 283 g/mol. The Morgan fingerprint density at radius 3 is 2.62 bits per heavy atom. The van der Waals surface area contributed by atoms with Gasteiger partial charge in [0.05, 0.1) is 6.10 Å². The zero-order chi connectivity index (χ0) is 13.9. The van der Waals surface area contributed by atoms with Gasteiger partial charge >= 0.3 is 18.9 Å². The second-order valence-electron chi connectivity index (χ2n) is 5.83. The Kier molecular flexibility index (Phi) is 3.65. The van der Waals surface area contributed by atoms with Crippen molar-refractivity contribution in [3.8, 4) is 0 Å². The maximum absolute atomic E-state index is 13.0. The van der Waals surface area contributed by atoms with Crippen LogP contribution in [0.1, 0.15) is 37.3 Å². The predicted octanol–water partition coefficient (Wildman–Crippen LogP) is -1.09. The molecule has 2 saturated heterocycles. The molecule has 0 bridgehead atoms. The van der Waals surface area contributed by atoms with Crippen LogP contribution in [-0.2, 0) is 9.53 Å². The van der Waals surface area contributed by atoms with Crippen molar-refractivity contribution in [3.63, 3.8) is 0 Å². The van der Waals surface area contributed by atoms with E-state index in [4.69, 9.17) is 4.74 Å². The molecule has 1 aromatic rings. The molecule has 2 aliphatic heterocycles. The minimum Gasteiger partial charge on any atom is -0.517 e. The average molecular weight is 283 g/mol. The predicted molar refractivity (Wildman–Crippen MR) is 67.5 cm³/mol. The van der Waals surface area contributed by atoms with Crippen LogP contribution in [0.3, 0.4) is 0 Å². The van der Waals surface area contributed by atoms with Crippen LogP contribution in [0, 0.1) is 12.0 Å². The van der Waals surface area contributed by atoms with Gasteiger partial charge in [-0.3, -0.25) is 4.79 Å². The van der Waals surface area contributed by atoms with E-state index in [9.17, 15) is 14.3 Å². The fourth-order valence-electron chi connectivity index (χ4n) is 3.49. The summed E-state index contributed by atoms with van der Waals surface area (Å²) in [6.45, 7) is 0. The van der Waals surface area contributed by atoms with E-state index in [1.807, 2.05) is 0 Å². The summed E-state index contributed by atoms with van der Waals surface area (Å²) >= 11 is 0. The van der Waals surface area contributed by atoms with Crippen molar-refractivity contribution in [1.29, 1.82) is 0 Å². The van der Waals surface area contributed by atoms with Gasteiger partial charge in [-0.05, 0) is 17.7 Å². The molecular weight excluding hydrogens is 268 g/mol. The Hall–Kier alpha value is -0.863. The molecule has 106 valence electrons. The molecule has 1 aliphatic carbocycles. The minimum atomic E-state index is -0.826. The normalized spacial score (nSPS) is 34.8. The Balaban J connectivity index is 0.00000132. The number of carbonyl (C=O) groups excluding carboxylic acids is 1. The number of nitrogens with zero attached hydrogens (tertiary/aromatic N) is 1. The van der Waals surface area contributed by atoms with Gasteiger partial charge in [0.1, 0.15) is 11.4 Å². The summed E-state index contributed by atoms with van der Waals surface area (Å²) in [6, 6.07) is 6.19. The fourth-order valence-corrected chi connectivity index (χ4v) is 3.49. The second kappa shape index (κ2) is 5.10. The Labute approximate surface area is 134 Å². The van der Waals surface area contributed by atoms with Gasteiger partial charge in [-0.2, -0.15) is 0 Å². The van der Waals surface area contributed by atoms with Crippen molar-refractivity contribution in [2.45, 2.75) is 43.4 Å². The number of benzene rings is 1. The number of aliphatic hydroxyl groups is 1. The number of ether oxygens (including phenoxy) is 1. The molecule has 1 aromatic carbocycles. The van der Waals surface area contributed by atoms with Crippen LogP contribution in [0.25, 0.3) is 0 Å². The van der Waals surface area contributed by atoms with Gasteiger partial charge in [-0.15, -0.1) is 12.6 Å². The number of hydrogen-bond donors (Lipinski definition) is 1. The standard InChI is InChI=1S/C15H15FNO3.Li/c16-10-3-1-9(2-4-10)12-5-6-13-17(12)14(19)15(20-13)7-11(18)8-15;/h1-4,11-12,18H,5-8H2;/q-1;+1/t11?,12-,15?;/m0./s1. The maximum atomic E-state index is 13.0. The summed E-state index contributed by atoms with van der Waals surface area (Å²) < 4.78 is 18.8. The summed E-state index contributed by atoms with van der Waals surface area (Å²) in [6.07, 6.45) is 2.53. The van der Waals surface area contributed by atoms with Crippen molar-refractivity contribution in [2.24, 2.45) is 0 Å². The van der Waals surface area contributed by atoms with E-state index in [0.717, 1.165) is 12.0 Å². The fraction of sp³-hybridized carbons (Fsp3) is 0.467. The van der Waals surface area contributed by atoms with Gasteiger partial charge in [0, 0.05) is 18.9 Å². The molecule has 1 amide bonds. The van der Waals surface area contributed by atoms with E-state index in [1.54, 1.807) is 17.0 Å². The number of halogens is 1. The van der Waals surface area contributed by atoms with Crippen LogP contribution in [0.4, 0.5) is 4.39 Å². The van der Waals surface area contributed by atoms with Crippen molar-refractivity contribution >= 4 is 5.91 Å². The van der Waals surface area contributed by atoms with Crippen LogP contribution in [0.2, 0.25) is 0 Å². The van der Waals surface area contributed by atoms with E-state index in [0.29, 0.717) is 25.5 Å². The molecule has 0 aromatic heterocycles. The molecule has 6 heteroatoms. The van der Waals surface area contributed by atoms with E-state index >= 15 is 0 Å². The van der Waals surface area contributed by atoms with Gasteiger partial charge in [0.2, 0.25) is 5.91 Å². The first kappa shape index (κ1) is 15.0. The van der Waals surface area contributed by atoms with E-state index in [2.05, 4.69) is 0 Å². The zero-order valence-electron chi connectivity index (χ0n) is 11.9. The number of hydrogen-bond acceptors (Lipinski definition) is 3. The van der Waals surface area contributed by atoms with E-state index in [-0.39, 0.29) is 36.6 Å². The van der Waals surface area contributed by atoms with Gasteiger partial charge in [-0.25, -0.2) is 4.39 Å². The van der Waals surface area contributed by atoms with Crippen LogP contribution in [0.5, 0.6) is 0 Å². The third kappa shape index (κ3) is 2.15. The quantitative estimate of drug-likeness (QED) is 0.526. The molecule has 21 heavy (non-hydrogen) atoms. The topological polar surface area (TPSA) is 49.8 Å². The molecule has 2 heterocycles. The van der Waals surface area contributed by atoms with Crippen LogP contribution < -0.4 is 18.9 Å². The van der Waals surface area contributed by atoms with Crippen LogP contribution >= 0.6 is 0 Å². The van der Waals surface area contributed by atoms with E-state index in [1.165, 1.54) is 12.1 Å². The number of carbonyl (C=O) groups is 1. The number of amides is 1. The first-order valence-electron chi connectivity index (χ1n) is 6.91. The van der Waals surface area contributed by atoms with Crippen molar-refractivity contribution < 1.29 is 37.9 Å². The maximum Gasteiger partial charge on any atom is 1.00 e. The second-order valence-corrected chi connectivity index (χ2v) is 5.83. The third-order valence-electron chi connectivity index (χ3n) is 4.52. The number of rotatable bonds is 1. The Morgan fingerprint density at radius 2 is 2.00 bits per heavy atom. The molecule has 0 unspecified atom stereocenters. The first-order valence-corrected chi connectivity index (χ1v) is 6.91. The summed E-state index contributed by atoms with van der Waals surface area (Å²) in [7, 11) is 0. The third-order valence-corrected chi connectivity index (χ3v) is 4.52. The number of fused-ring (bicyclic) bond motifs is 1. The molecule has 3 fully saturated rings. The Bertz CT molecular complexity index is 559. The molecule has 4 nitrogen and oxygen atoms in total. The van der Waals surface area contributed by atoms with Crippen molar-refractivity contribution in [2.75, 3.05) is 0 Å². The SMILES string of the molecule is O=C1N2[C-](CC[C@H]2c2ccc(F)cc2)OC12CC(O)C2.[Li+]. The molecule has 1 saturated carbocycles. The molecule has 1 spiro atoms. The molecular formula is C15H15FLiNO3. The molecule has 0 radical (unpaired) electrons. The van der Waals surface area contributed by atoms with Gasteiger partial charge in [0.15, 0.2) is 0 Å². The summed E-state index contributed by atoms with van der Waals surface area (Å²) in [5, 5.41) is 9.47. The number of aliphatic hydroxyl groups excluding tert-OH is 1. The first-order chi connectivity index (χ1) is 9.59. The average Bonchev–Trinajstić information content (AvgIpc) is 2.90. The van der Waals surface area contributed by atoms with Gasteiger partial charge < -0.3 is 14.7 Å². The summed E-state index contributed by atoms with van der Waals surface area (Å²) in [5.74, 6) is -0.330. The smallest absolute Gasteiger partial charge is 0.517 e. The van der Waals surface area contributed by atoms with Crippen LogP contribution in [-0.4, -0.2) is 27.6 Å². The molecule has 1 atom stereocenters. The van der Waals surface area contributed by atoms with Gasteiger partial charge in [-0.1, -0.05) is 18.6 Å². The largest absolute Gasteiger partial charge is 1.00 e. The summed E-state index contributed by atoms with van der Waals surface area (Å²) in [4.78, 5) is 14.3. The minimum absolute atomic E-state index is 0. The molecule has 3 aliphatic rings. The van der Waals surface area contributed by atoms with Gasteiger partial charge in [0.25, 0.3) is 0 Å². The zero-order valence-corrected chi connectivity index (χ0v) is 11.9. The molecule has 4 rings (SSSR count). The van der Waals surface area contributed by atoms with Crippen LogP contribution in [0.15, 0.2) is 24.3 Å². The van der Waals surface area contributed by atoms with Crippen molar-refractivity contribution in [3.05, 3.63) is 41.9 Å². The van der Waals surface area contributed by atoms with Crippen molar-refractivity contribution in [1.82, 2.24) is 4.90 Å². The van der Waals surface area contributed by atoms with E-state index < -0.39 is 11.7 Å². The molecule has 1 N–H and O–H groups in total. The summed E-state index contributed by atoms with van der Waals surface area (Å²) in [5.41, 5.74) is 0.100. The Morgan fingerprint density at radius 1 is 1.33 bits per heavy atom.